The van der Waals surface area contributed by atoms with E-state index in [0.717, 1.165) is 5.69 Å². The summed E-state index contributed by atoms with van der Waals surface area (Å²) >= 11 is 0. The Morgan fingerprint density at radius 2 is 2.09 bits per heavy atom. The molecule has 7 nitrogen and oxygen atoms in total. The van der Waals surface area contributed by atoms with Gasteiger partial charge in [0, 0.05) is 17.4 Å². The van der Waals surface area contributed by atoms with Gasteiger partial charge in [0.05, 0.1) is 11.9 Å². The molecule has 0 aliphatic rings. The number of carbonyl (C=O) groups is 1. The second-order valence-corrected chi connectivity index (χ2v) is 5.20. The summed E-state index contributed by atoms with van der Waals surface area (Å²) in [5.74, 6) is 0.720. The van der Waals surface area contributed by atoms with Crippen LogP contribution in [-0.2, 0) is 4.79 Å². The molecule has 0 aliphatic heterocycles. The summed E-state index contributed by atoms with van der Waals surface area (Å²) in [4.78, 5) is 19.8. The first-order valence-corrected chi connectivity index (χ1v) is 7.17. The number of hydrogen-bond acceptors (Lipinski definition) is 6. The van der Waals surface area contributed by atoms with Gasteiger partial charge < -0.3 is 21.7 Å². The van der Waals surface area contributed by atoms with Gasteiger partial charge in [-0.2, -0.15) is 4.98 Å². The highest BCUT2D eigenvalue weighted by Crippen LogP contribution is 2.21. The predicted octanol–water partition coefficient (Wildman–Crippen LogP) is 2.75. The first-order chi connectivity index (χ1) is 11.0. The largest absolute Gasteiger partial charge is 0.394 e. The Hall–Kier alpha value is -3.09. The number of carbonyl (C=O) groups excluding carboxylic acids is 1. The Morgan fingerprint density at radius 3 is 2.78 bits per heavy atom. The number of benzene rings is 1. The molecule has 23 heavy (non-hydrogen) atoms. The van der Waals surface area contributed by atoms with E-state index in [1.165, 1.54) is 6.08 Å². The molecule has 0 spiro atoms. The summed E-state index contributed by atoms with van der Waals surface area (Å²) in [6.07, 6.45) is 2.76. The van der Waals surface area contributed by atoms with Gasteiger partial charge in [0.25, 0.3) is 0 Å². The molecule has 5 N–H and O–H groups in total. The van der Waals surface area contributed by atoms with E-state index >= 15 is 0 Å². The van der Waals surface area contributed by atoms with E-state index in [0.29, 0.717) is 23.1 Å². The molecule has 1 aromatic carbocycles. The molecule has 2 rings (SSSR count). The maximum Gasteiger partial charge on any atom is 0.247 e. The molecule has 1 aromatic heterocycles. The fourth-order valence-corrected chi connectivity index (χ4v) is 1.84. The summed E-state index contributed by atoms with van der Waals surface area (Å²) in [5.41, 5.74) is 7.73. The van der Waals surface area contributed by atoms with E-state index in [4.69, 9.17) is 5.73 Å². The van der Waals surface area contributed by atoms with Crippen molar-refractivity contribution in [1.82, 2.24) is 9.97 Å². The van der Waals surface area contributed by atoms with Crippen molar-refractivity contribution in [2.45, 2.75) is 19.9 Å². The smallest absolute Gasteiger partial charge is 0.247 e. The van der Waals surface area contributed by atoms with E-state index in [-0.39, 0.29) is 11.9 Å². The number of hydrogen-bond donors (Lipinski definition) is 4. The van der Waals surface area contributed by atoms with Crippen molar-refractivity contribution in [3.8, 4) is 0 Å². The molecule has 0 saturated heterocycles. The van der Waals surface area contributed by atoms with Crippen LogP contribution < -0.4 is 21.7 Å². The minimum atomic E-state index is -0.269. The summed E-state index contributed by atoms with van der Waals surface area (Å²) < 4.78 is 0. The lowest BCUT2D eigenvalue weighted by atomic mass is 10.2. The Balaban J connectivity index is 2.17. The maximum absolute atomic E-state index is 11.3. The molecule has 0 radical (unpaired) electrons. The van der Waals surface area contributed by atoms with Crippen molar-refractivity contribution in [1.29, 1.82) is 0 Å². The number of nitrogen functional groups attached to an aromatic ring is 1. The van der Waals surface area contributed by atoms with E-state index in [1.54, 1.807) is 18.3 Å². The molecular formula is C16H20N6O. The summed E-state index contributed by atoms with van der Waals surface area (Å²) in [5, 5.41) is 8.94. The highest BCUT2D eigenvalue weighted by Gasteiger charge is 2.06. The van der Waals surface area contributed by atoms with Gasteiger partial charge in [-0.1, -0.05) is 12.6 Å². The van der Waals surface area contributed by atoms with Crippen molar-refractivity contribution < 1.29 is 4.79 Å². The number of nitrogens with zero attached hydrogens (tertiary/aromatic N) is 2. The molecule has 0 saturated carbocycles. The van der Waals surface area contributed by atoms with Crippen LogP contribution in [0.1, 0.15) is 13.8 Å². The number of aromatic nitrogens is 2. The predicted molar refractivity (Wildman–Crippen MR) is 93.8 cm³/mol. The number of amides is 1. The third-order valence-electron chi connectivity index (χ3n) is 2.81. The SMILES string of the molecule is C=CC(=O)Nc1cccc(Nc2ncc(N)c(NC(C)C)n2)c1. The third kappa shape index (κ3) is 4.70. The van der Waals surface area contributed by atoms with E-state index in [2.05, 4.69) is 32.5 Å². The van der Waals surface area contributed by atoms with Gasteiger partial charge >= 0.3 is 0 Å². The van der Waals surface area contributed by atoms with Crippen LogP contribution in [0.4, 0.5) is 28.8 Å². The minimum absolute atomic E-state index is 0.206. The van der Waals surface area contributed by atoms with Gasteiger partial charge in [0.1, 0.15) is 0 Å². The minimum Gasteiger partial charge on any atom is -0.394 e. The third-order valence-corrected chi connectivity index (χ3v) is 2.81. The van der Waals surface area contributed by atoms with Crippen molar-refractivity contribution >= 4 is 34.7 Å². The quantitative estimate of drug-likeness (QED) is 0.611. The molecule has 0 atom stereocenters. The molecule has 1 heterocycles. The number of nitrogens with two attached hydrogens (primary N) is 1. The van der Waals surface area contributed by atoms with Gasteiger partial charge in [0.2, 0.25) is 11.9 Å². The van der Waals surface area contributed by atoms with Crippen LogP contribution in [0.5, 0.6) is 0 Å². The lowest BCUT2D eigenvalue weighted by Crippen LogP contribution is -2.14. The summed E-state index contributed by atoms with van der Waals surface area (Å²) in [7, 11) is 0. The highest BCUT2D eigenvalue weighted by molar-refractivity contribution is 5.99. The van der Waals surface area contributed by atoms with Crippen LogP contribution in [0, 0.1) is 0 Å². The Labute approximate surface area is 135 Å². The van der Waals surface area contributed by atoms with E-state index in [9.17, 15) is 4.79 Å². The number of rotatable bonds is 6. The Morgan fingerprint density at radius 1 is 1.35 bits per heavy atom. The van der Waals surface area contributed by atoms with Crippen LogP contribution in [0.3, 0.4) is 0 Å². The van der Waals surface area contributed by atoms with Crippen LogP contribution in [0.15, 0.2) is 43.1 Å². The Bertz CT molecular complexity index is 713. The van der Waals surface area contributed by atoms with Crippen LogP contribution >= 0.6 is 0 Å². The molecule has 0 fully saturated rings. The molecule has 120 valence electrons. The topological polar surface area (TPSA) is 105 Å². The fraction of sp³-hybridized carbons (Fsp3) is 0.188. The van der Waals surface area contributed by atoms with Crippen LogP contribution in [-0.4, -0.2) is 21.9 Å². The molecule has 2 aromatic rings. The molecule has 1 amide bonds. The van der Waals surface area contributed by atoms with E-state index in [1.807, 2.05) is 26.0 Å². The lowest BCUT2D eigenvalue weighted by Gasteiger charge is -2.13. The molecule has 0 aliphatic carbocycles. The van der Waals surface area contributed by atoms with Crippen LogP contribution in [0.25, 0.3) is 0 Å². The van der Waals surface area contributed by atoms with Crippen molar-refractivity contribution in [3.63, 3.8) is 0 Å². The normalized spacial score (nSPS) is 10.2. The second kappa shape index (κ2) is 7.26. The van der Waals surface area contributed by atoms with Gasteiger partial charge in [0.15, 0.2) is 5.82 Å². The van der Waals surface area contributed by atoms with Crippen molar-refractivity contribution in [3.05, 3.63) is 43.1 Å². The zero-order valence-electron chi connectivity index (χ0n) is 13.1. The monoisotopic (exact) mass is 312 g/mol. The van der Waals surface area contributed by atoms with Crippen molar-refractivity contribution in [2.75, 3.05) is 21.7 Å². The average molecular weight is 312 g/mol. The molecule has 0 unspecified atom stereocenters. The molecular weight excluding hydrogens is 292 g/mol. The lowest BCUT2D eigenvalue weighted by molar-refractivity contribution is -0.111. The summed E-state index contributed by atoms with van der Waals surface area (Å²) in [6, 6.07) is 7.42. The van der Waals surface area contributed by atoms with Gasteiger partial charge in [-0.15, -0.1) is 0 Å². The average Bonchev–Trinajstić information content (AvgIpc) is 2.50. The Kier molecular flexibility index (Phi) is 5.14. The second-order valence-electron chi connectivity index (χ2n) is 5.20. The zero-order chi connectivity index (χ0) is 16.8. The first kappa shape index (κ1) is 16.3. The van der Waals surface area contributed by atoms with Gasteiger partial charge in [-0.05, 0) is 38.1 Å². The first-order valence-electron chi connectivity index (χ1n) is 7.17. The van der Waals surface area contributed by atoms with E-state index < -0.39 is 0 Å². The summed E-state index contributed by atoms with van der Waals surface area (Å²) in [6.45, 7) is 7.42. The van der Waals surface area contributed by atoms with Gasteiger partial charge in [-0.25, -0.2) is 4.98 Å². The van der Waals surface area contributed by atoms with Crippen molar-refractivity contribution in [2.24, 2.45) is 0 Å². The van der Waals surface area contributed by atoms with Gasteiger partial charge in [-0.3, -0.25) is 4.79 Å². The fourth-order valence-electron chi connectivity index (χ4n) is 1.84. The standard InChI is InChI=1S/C16H20N6O/c1-4-14(23)20-11-6-5-7-12(8-11)21-16-18-9-13(17)15(22-16)19-10(2)3/h4-10H,1,17H2,2-3H3,(H,20,23)(H2,18,19,21,22). The zero-order valence-corrected chi connectivity index (χ0v) is 13.1. The molecule has 7 heteroatoms. The van der Waals surface area contributed by atoms with Crippen LogP contribution in [0.2, 0.25) is 0 Å². The number of anilines is 5. The maximum atomic E-state index is 11.3. The number of nitrogens with one attached hydrogen (secondary N) is 3. The molecule has 0 bridgehead atoms. The highest BCUT2D eigenvalue weighted by atomic mass is 16.1.